The van der Waals surface area contributed by atoms with E-state index >= 15 is 0 Å². The number of hydrogen-bond donors (Lipinski definition) is 2. The molecule has 4 aromatic rings. The van der Waals surface area contributed by atoms with Crippen LogP contribution in [-0.4, -0.2) is 16.0 Å². The summed E-state index contributed by atoms with van der Waals surface area (Å²) in [5.41, 5.74) is 3.86. The van der Waals surface area contributed by atoms with Gasteiger partial charge in [0.05, 0.1) is 5.69 Å². The molecule has 0 aliphatic heterocycles. The molecule has 138 valence electrons. The van der Waals surface area contributed by atoms with E-state index in [0.717, 1.165) is 27.8 Å². The first-order valence-corrected chi connectivity index (χ1v) is 9.13. The van der Waals surface area contributed by atoms with Crippen molar-refractivity contribution in [3.05, 3.63) is 96.4 Å². The van der Waals surface area contributed by atoms with E-state index in [9.17, 15) is 4.79 Å². The quantitative estimate of drug-likeness (QED) is 0.552. The summed E-state index contributed by atoms with van der Waals surface area (Å²) < 4.78 is 0. The molecule has 0 fully saturated rings. The van der Waals surface area contributed by atoms with E-state index in [1.807, 2.05) is 48.5 Å². The van der Waals surface area contributed by atoms with E-state index in [1.165, 1.54) is 5.39 Å². The van der Waals surface area contributed by atoms with Gasteiger partial charge in [-0.1, -0.05) is 42.5 Å². The summed E-state index contributed by atoms with van der Waals surface area (Å²) in [6, 6.07) is 21.8. The Balaban J connectivity index is 1.36. The molecule has 2 N–H and O–H groups in total. The van der Waals surface area contributed by atoms with E-state index in [0.29, 0.717) is 13.1 Å². The van der Waals surface area contributed by atoms with Gasteiger partial charge in [0.1, 0.15) is 0 Å². The van der Waals surface area contributed by atoms with Crippen LogP contribution in [-0.2, 0) is 13.1 Å². The average Bonchev–Trinajstić information content (AvgIpc) is 2.77. The summed E-state index contributed by atoms with van der Waals surface area (Å²) in [6.45, 7) is 0.904. The Kier molecular flexibility index (Phi) is 5.24. The van der Waals surface area contributed by atoms with Crippen molar-refractivity contribution < 1.29 is 4.79 Å². The molecule has 0 atom stereocenters. The molecule has 2 amide bonds. The van der Waals surface area contributed by atoms with Crippen LogP contribution in [0.1, 0.15) is 11.1 Å². The topological polar surface area (TPSA) is 66.9 Å². The van der Waals surface area contributed by atoms with Gasteiger partial charge in [-0.3, -0.25) is 9.97 Å². The van der Waals surface area contributed by atoms with Crippen LogP contribution in [0.25, 0.3) is 22.0 Å². The van der Waals surface area contributed by atoms with E-state index in [2.05, 4.69) is 38.8 Å². The second kappa shape index (κ2) is 8.31. The van der Waals surface area contributed by atoms with Gasteiger partial charge in [-0.15, -0.1) is 0 Å². The average molecular weight is 368 g/mol. The van der Waals surface area contributed by atoms with Crippen molar-refractivity contribution in [2.75, 3.05) is 0 Å². The third-order valence-corrected chi connectivity index (χ3v) is 4.55. The standard InChI is InChI=1S/C23H20N4O/c28-23(27-16-19-7-3-6-18-5-1-2-9-21(18)19)26-14-17-10-12-25-22(13-17)20-8-4-11-24-15-20/h1-13,15H,14,16H2,(H2,26,27,28). The molecule has 2 heterocycles. The van der Waals surface area contributed by atoms with Gasteiger partial charge in [0.2, 0.25) is 0 Å². The fourth-order valence-electron chi connectivity index (χ4n) is 3.12. The molecule has 5 heteroatoms. The Morgan fingerprint density at radius 2 is 1.71 bits per heavy atom. The van der Waals surface area contributed by atoms with Crippen molar-refractivity contribution in [1.82, 2.24) is 20.6 Å². The normalized spacial score (nSPS) is 10.6. The maximum atomic E-state index is 12.2. The SMILES string of the molecule is O=C(NCc1ccnc(-c2cccnc2)c1)NCc1cccc2ccccc12. The van der Waals surface area contributed by atoms with Crippen molar-refractivity contribution in [1.29, 1.82) is 0 Å². The Bertz CT molecular complexity index is 1090. The van der Waals surface area contributed by atoms with Gasteiger partial charge in [0, 0.05) is 37.2 Å². The van der Waals surface area contributed by atoms with Crippen LogP contribution >= 0.6 is 0 Å². The van der Waals surface area contributed by atoms with Gasteiger partial charge >= 0.3 is 6.03 Å². The largest absolute Gasteiger partial charge is 0.334 e. The molecule has 28 heavy (non-hydrogen) atoms. The lowest BCUT2D eigenvalue weighted by atomic mass is 10.0. The molecule has 0 radical (unpaired) electrons. The van der Waals surface area contributed by atoms with Crippen LogP contribution in [0.4, 0.5) is 4.79 Å². The molecular formula is C23H20N4O. The summed E-state index contributed by atoms with van der Waals surface area (Å²) in [6.07, 6.45) is 5.25. The van der Waals surface area contributed by atoms with Crippen molar-refractivity contribution in [2.24, 2.45) is 0 Å². The van der Waals surface area contributed by atoms with Crippen LogP contribution < -0.4 is 10.6 Å². The van der Waals surface area contributed by atoms with Crippen LogP contribution in [0, 0.1) is 0 Å². The minimum Gasteiger partial charge on any atom is -0.334 e. The molecule has 5 nitrogen and oxygen atoms in total. The number of aromatic nitrogens is 2. The highest BCUT2D eigenvalue weighted by molar-refractivity contribution is 5.86. The first-order valence-electron chi connectivity index (χ1n) is 9.13. The fourth-order valence-corrected chi connectivity index (χ4v) is 3.12. The first-order chi connectivity index (χ1) is 13.8. The molecule has 0 saturated carbocycles. The number of hydrogen-bond acceptors (Lipinski definition) is 3. The van der Waals surface area contributed by atoms with Crippen molar-refractivity contribution >= 4 is 16.8 Å². The summed E-state index contributed by atoms with van der Waals surface area (Å²) in [5.74, 6) is 0. The minimum absolute atomic E-state index is 0.201. The van der Waals surface area contributed by atoms with E-state index < -0.39 is 0 Å². The van der Waals surface area contributed by atoms with E-state index in [4.69, 9.17) is 0 Å². The van der Waals surface area contributed by atoms with Crippen molar-refractivity contribution in [2.45, 2.75) is 13.1 Å². The minimum atomic E-state index is -0.201. The molecular weight excluding hydrogens is 348 g/mol. The second-order valence-corrected chi connectivity index (χ2v) is 6.47. The summed E-state index contributed by atoms with van der Waals surface area (Å²) in [5, 5.41) is 8.16. The second-order valence-electron chi connectivity index (χ2n) is 6.47. The van der Waals surface area contributed by atoms with Crippen LogP contribution in [0.5, 0.6) is 0 Å². The van der Waals surface area contributed by atoms with Gasteiger partial charge in [-0.25, -0.2) is 4.79 Å². The van der Waals surface area contributed by atoms with Gasteiger partial charge < -0.3 is 10.6 Å². The van der Waals surface area contributed by atoms with Gasteiger partial charge in [-0.05, 0) is 46.2 Å². The maximum Gasteiger partial charge on any atom is 0.315 e. The number of urea groups is 1. The molecule has 4 rings (SSSR count). The summed E-state index contributed by atoms with van der Waals surface area (Å²) in [7, 11) is 0. The molecule has 0 aliphatic rings. The van der Waals surface area contributed by atoms with E-state index in [-0.39, 0.29) is 6.03 Å². The van der Waals surface area contributed by atoms with Crippen molar-refractivity contribution in [3.8, 4) is 11.3 Å². The molecule has 0 spiro atoms. The zero-order valence-electron chi connectivity index (χ0n) is 15.3. The number of pyridine rings is 2. The predicted octanol–water partition coefficient (Wildman–Crippen LogP) is 4.30. The maximum absolute atomic E-state index is 12.2. The molecule has 0 aliphatic carbocycles. The Labute approximate surface area is 163 Å². The molecule has 0 unspecified atom stereocenters. The molecule has 2 aromatic heterocycles. The number of nitrogens with zero attached hydrogens (tertiary/aromatic N) is 2. The highest BCUT2D eigenvalue weighted by atomic mass is 16.2. The molecule has 0 bridgehead atoms. The smallest absolute Gasteiger partial charge is 0.315 e. The monoisotopic (exact) mass is 368 g/mol. The molecule has 2 aromatic carbocycles. The van der Waals surface area contributed by atoms with Gasteiger partial charge in [0.15, 0.2) is 0 Å². The number of benzene rings is 2. The van der Waals surface area contributed by atoms with E-state index in [1.54, 1.807) is 18.6 Å². The Hall–Kier alpha value is -3.73. The number of carbonyl (C=O) groups is 1. The van der Waals surface area contributed by atoms with Crippen LogP contribution in [0.15, 0.2) is 85.3 Å². The Morgan fingerprint density at radius 1 is 0.857 bits per heavy atom. The number of amides is 2. The zero-order chi connectivity index (χ0) is 19.2. The first kappa shape index (κ1) is 17.7. The fraction of sp³-hybridized carbons (Fsp3) is 0.0870. The third kappa shape index (κ3) is 4.15. The lowest BCUT2D eigenvalue weighted by Crippen LogP contribution is -2.34. The van der Waals surface area contributed by atoms with Crippen molar-refractivity contribution in [3.63, 3.8) is 0 Å². The lowest BCUT2D eigenvalue weighted by molar-refractivity contribution is 0.240. The highest BCUT2D eigenvalue weighted by Gasteiger charge is 2.05. The van der Waals surface area contributed by atoms with Gasteiger partial charge in [0.25, 0.3) is 0 Å². The predicted molar refractivity (Wildman–Crippen MR) is 110 cm³/mol. The number of carbonyl (C=O) groups excluding carboxylic acids is 1. The number of nitrogens with one attached hydrogen (secondary N) is 2. The van der Waals surface area contributed by atoms with Gasteiger partial charge in [-0.2, -0.15) is 0 Å². The summed E-state index contributed by atoms with van der Waals surface area (Å²) in [4.78, 5) is 20.7. The van der Waals surface area contributed by atoms with Crippen LogP contribution in [0.3, 0.4) is 0 Å². The van der Waals surface area contributed by atoms with Crippen LogP contribution in [0.2, 0.25) is 0 Å². The number of rotatable bonds is 5. The summed E-state index contributed by atoms with van der Waals surface area (Å²) >= 11 is 0. The third-order valence-electron chi connectivity index (χ3n) is 4.55. The molecule has 0 saturated heterocycles. The number of fused-ring (bicyclic) bond motifs is 1. The lowest BCUT2D eigenvalue weighted by Gasteiger charge is -2.10. The highest BCUT2D eigenvalue weighted by Crippen LogP contribution is 2.18. The zero-order valence-corrected chi connectivity index (χ0v) is 15.3. The Morgan fingerprint density at radius 3 is 2.61 bits per heavy atom.